The van der Waals surface area contributed by atoms with Crippen LogP contribution >= 0.6 is 10.8 Å². The number of unbranched alkanes of at least 4 members (excludes halogenated alkanes) is 5. The molecule has 0 atom stereocenters. The van der Waals surface area contributed by atoms with E-state index in [1.807, 2.05) is 0 Å². The van der Waals surface area contributed by atoms with Crippen LogP contribution in [0, 0.1) is 0 Å². The van der Waals surface area contributed by atoms with Gasteiger partial charge in [0.1, 0.15) is 9.15 Å². The van der Waals surface area contributed by atoms with Gasteiger partial charge in [-0.25, -0.2) is 8.42 Å². The van der Waals surface area contributed by atoms with Crippen LogP contribution in [0.1, 0.15) is 45.4 Å². The average molecular weight is 291 g/mol. The first-order valence-electron chi connectivity index (χ1n) is 5.87. The van der Waals surface area contributed by atoms with Crippen LogP contribution in [0.15, 0.2) is 0 Å². The van der Waals surface area contributed by atoms with Crippen molar-refractivity contribution >= 4 is 19.9 Å². The number of hydrogen-bond donors (Lipinski definition) is 1. The van der Waals surface area contributed by atoms with Gasteiger partial charge in [-0.15, -0.1) is 0 Å². The zero-order valence-corrected chi connectivity index (χ0v) is 14.5. The summed E-state index contributed by atoms with van der Waals surface area (Å²) in [5.41, 5.74) is 0. The van der Waals surface area contributed by atoms with E-state index in [9.17, 15) is 13.0 Å². The van der Waals surface area contributed by atoms with Gasteiger partial charge in [-0.05, 0) is 23.8 Å². The first kappa shape index (κ1) is 20.5. The van der Waals surface area contributed by atoms with E-state index < -0.39 is 9.15 Å². The maximum Gasteiger partial charge on any atom is 1.00 e. The van der Waals surface area contributed by atoms with Crippen LogP contribution in [0.5, 0.6) is 0 Å². The van der Waals surface area contributed by atoms with Crippen LogP contribution in [-0.2, 0) is 9.15 Å². The monoisotopic (exact) mass is 291 g/mol. The topological polar surface area (TPSA) is 69.2 Å². The summed E-state index contributed by atoms with van der Waals surface area (Å²) >= 11 is 0. The minimum absolute atomic E-state index is 0. The molecule has 0 aliphatic heterocycles. The summed E-state index contributed by atoms with van der Waals surface area (Å²) in [7, 11) is -3.64. The quantitative estimate of drug-likeness (QED) is 0.232. The second-order valence-corrected chi connectivity index (χ2v) is 7.14. The average Bonchev–Trinajstić information content (AvgIpc) is 2.19. The van der Waals surface area contributed by atoms with E-state index >= 15 is 0 Å². The summed E-state index contributed by atoms with van der Waals surface area (Å²) in [4.78, 5) is 0. The Balaban J connectivity index is 0. The Kier molecular flexibility index (Phi) is 16.5. The molecule has 0 radical (unpaired) electrons. The van der Waals surface area contributed by atoms with Crippen molar-refractivity contribution in [1.29, 1.82) is 0 Å². The zero-order chi connectivity index (χ0) is 12.3. The fraction of sp³-hybridized carbons (Fsp3) is 1.00. The van der Waals surface area contributed by atoms with Gasteiger partial charge in [-0.2, -0.15) is 0 Å². The van der Waals surface area contributed by atoms with E-state index in [4.69, 9.17) is 0 Å². The second-order valence-electron chi connectivity index (χ2n) is 3.75. The van der Waals surface area contributed by atoms with Crippen molar-refractivity contribution in [2.75, 3.05) is 18.8 Å². The minimum Gasteiger partial charge on any atom is -0.739 e. The molecule has 4 nitrogen and oxygen atoms in total. The molecule has 0 fully saturated rings. The SMILES string of the molecule is CCCCCCCCNCCSS(=O)(=O)[O-].[Na+]. The first-order valence-corrected chi connectivity index (χ1v) is 8.78. The molecule has 0 heterocycles. The molecule has 0 aromatic heterocycles. The minimum atomic E-state index is -4.11. The van der Waals surface area contributed by atoms with Gasteiger partial charge >= 0.3 is 29.6 Å². The first-order chi connectivity index (χ1) is 7.56. The van der Waals surface area contributed by atoms with Crippen LogP contribution in [0.2, 0.25) is 0 Å². The van der Waals surface area contributed by atoms with Crippen molar-refractivity contribution in [2.24, 2.45) is 0 Å². The van der Waals surface area contributed by atoms with E-state index in [1.165, 1.54) is 32.1 Å². The number of nitrogens with one attached hydrogen (secondary N) is 1. The Labute approximate surface area is 131 Å². The van der Waals surface area contributed by atoms with Gasteiger partial charge in [0.15, 0.2) is 0 Å². The van der Waals surface area contributed by atoms with Gasteiger partial charge in [0.25, 0.3) is 0 Å². The van der Waals surface area contributed by atoms with Gasteiger partial charge in [0.2, 0.25) is 0 Å². The third kappa shape index (κ3) is 19.7. The molecule has 7 heteroatoms. The van der Waals surface area contributed by atoms with Gasteiger partial charge < -0.3 is 9.87 Å². The van der Waals surface area contributed by atoms with Crippen LogP contribution in [0.4, 0.5) is 0 Å². The van der Waals surface area contributed by atoms with Crippen molar-refractivity contribution in [2.45, 2.75) is 45.4 Å². The molecule has 1 N–H and O–H groups in total. The Morgan fingerprint density at radius 3 is 2.24 bits per heavy atom. The summed E-state index contributed by atoms with van der Waals surface area (Å²) in [5, 5.41) is 3.12. The Hall–Kier alpha value is 1.22. The standard InChI is InChI=1S/C10H23NO3S2.Na/c1-2-3-4-5-6-7-8-11-9-10-15-16(12,13)14;/h11H,2-10H2,1H3,(H,12,13,14);/q;+1/p-1. The van der Waals surface area contributed by atoms with Crippen molar-refractivity contribution in [1.82, 2.24) is 5.32 Å². The van der Waals surface area contributed by atoms with Crippen LogP contribution in [0.25, 0.3) is 0 Å². The largest absolute Gasteiger partial charge is 1.00 e. The van der Waals surface area contributed by atoms with Crippen molar-refractivity contribution in [3.63, 3.8) is 0 Å². The Morgan fingerprint density at radius 2 is 1.65 bits per heavy atom. The molecule has 0 aromatic rings. The molecule has 0 saturated carbocycles. The summed E-state index contributed by atoms with van der Waals surface area (Å²) in [6.45, 7) is 3.69. The molecular weight excluding hydrogens is 269 g/mol. The van der Waals surface area contributed by atoms with Crippen LogP contribution < -0.4 is 34.9 Å². The zero-order valence-electron chi connectivity index (χ0n) is 10.9. The third-order valence-corrected chi connectivity index (χ3v) is 4.24. The summed E-state index contributed by atoms with van der Waals surface area (Å²) in [6.07, 6.45) is 7.50. The van der Waals surface area contributed by atoms with Crippen LogP contribution in [0.3, 0.4) is 0 Å². The molecule has 0 aliphatic rings. The fourth-order valence-electron chi connectivity index (χ4n) is 1.37. The Morgan fingerprint density at radius 1 is 1.06 bits per heavy atom. The molecule has 0 rings (SSSR count). The van der Waals surface area contributed by atoms with Gasteiger partial charge in [0.05, 0.1) is 0 Å². The summed E-state index contributed by atoms with van der Waals surface area (Å²) in [5.74, 6) is 0.335. The van der Waals surface area contributed by atoms with Crippen molar-refractivity contribution in [3.8, 4) is 0 Å². The fourth-order valence-corrected chi connectivity index (χ4v) is 2.67. The van der Waals surface area contributed by atoms with Gasteiger partial charge in [-0.1, -0.05) is 39.0 Å². The molecule has 0 unspecified atom stereocenters. The number of rotatable bonds is 11. The third-order valence-electron chi connectivity index (χ3n) is 2.21. The molecule has 0 amide bonds. The summed E-state index contributed by atoms with van der Waals surface area (Å²) in [6, 6.07) is 0. The molecule has 98 valence electrons. The van der Waals surface area contributed by atoms with Crippen molar-refractivity contribution in [3.05, 3.63) is 0 Å². The van der Waals surface area contributed by atoms with Crippen LogP contribution in [-0.4, -0.2) is 31.8 Å². The molecule has 17 heavy (non-hydrogen) atoms. The van der Waals surface area contributed by atoms with Gasteiger partial charge in [0, 0.05) is 12.3 Å². The molecule has 0 bridgehead atoms. The summed E-state index contributed by atoms with van der Waals surface area (Å²) < 4.78 is 30.7. The maximum atomic E-state index is 10.2. The van der Waals surface area contributed by atoms with E-state index in [-0.39, 0.29) is 29.6 Å². The predicted octanol–water partition coefficient (Wildman–Crippen LogP) is -0.866. The normalized spacial score (nSPS) is 11.2. The Bertz CT molecular complexity index is 248. The van der Waals surface area contributed by atoms with Gasteiger partial charge in [-0.3, -0.25) is 0 Å². The molecule has 0 aromatic carbocycles. The van der Waals surface area contributed by atoms with E-state index in [0.29, 0.717) is 23.1 Å². The molecule has 0 aliphatic carbocycles. The molecule has 0 spiro atoms. The maximum absolute atomic E-state index is 10.2. The van der Waals surface area contributed by atoms with E-state index in [1.54, 1.807) is 0 Å². The second kappa shape index (κ2) is 13.6. The predicted molar refractivity (Wildman–Crippen MR) is 68.4 cm³/mol. The van der Waals surface area contributed by atoms with Crippen molar-refractivity contribution < 1.29 is 42.5 Å². The molecule has 0 saturated heterocycles. The smallest absolute Gasteiger partial charge is 0.739 e. The van der Waals surface area contributed by atoms with E-state index in [0.717, 1.165) is 13.0 Å². The number of hydrogen-bond acceptors (Lipinski definition) is 5. The van der Waals surface area contributed by atoms with E-state index in [2.05, 4.69) is 12.2 Å². The molecular formula is C10H22NNaO3S2.